The second kappa shape index (κ2) is 6.32. The molecule has 0 radical (unpaired) electrons. The highest BCUT2D eigenvalue weighted by atomic mass is 32.1. The summed E-state index contributed by atoms with van der Waals surface area (Å²) in [4.78, 5) is 0. The van der Waals surface area contributed by atoms with Gasteiger partial charge in [-0.2, -0.15) is 4.57 Å². The van der Waals surface area contributed by atoms with Crippen LogP contribution in [0.25, 0.3) is 37.2 Å². The quantitative estimate of drug-likeness (QED) is 0.318. The smallest absolute Gasteiger partial charge is 0.232 e. The number of aromatic nitrogens is 2. The van der Waals surface area contributed by atoms with Gasteiger partial charge in [0.1, 0.15) is 18.1 Å². The Kier molecular flexibility index (Phi) is 3.88. The third-order valence-corrected chi connectivity index (χ3v) is 7.00. The first-order chi connectivity index (χ1) is 13.6. The summed E-state index contributed by atoms with van der Waals surface area (Å²) in [5.41, 5.74) is 6.50. The van der Waals surface area contributed by atoms with Crippen molar-refractivity contribution < 1.29 is 4.57 Å². The molecule has 0 fully saturated rings. The Bertz CT molecular complexity index is 1350. The summed E-state index contributed by atoms with van der Waals surface area (Å²) < 4.78 is 7.32. The molecule has 0 N–H and O–H groups in total. The largest absolute Gasteiger partial charge is 0.294 e. The third-order valence-electron chi connectivity index (χ3n) is 5.69. The van der Waals surface area contributed by atoms with E-state index in [0.717, 1.165) is 0 Å². The Morgan fingerprint density at radius 1 is 0.857 bits per heavy atom. The van der Waals surface area contributed by atoms with Crippen LogP contribution >= 0.6 is 11.3 Å². The van der Waals surface area contributed by atoms with Crippen molar-refractivity contribution in [3.63, 3.8) is 0 Å². The molecule has 0 aliphatic heterocycles. The van der Waals surface area contributed by atoms with E-state index in [-0.39, 0.29) is 0 Å². The van der Waals surface area contributed by atoms with Gasteiger partial charge in [-0.1, -0.05) is 36.4 Å². The maximum atomic E-state index is 2.36. The molecule has 0 amide bonds. The summed E-state index contributed by atoms with van der Waals surface area (Å²) in [6.45, 7) is 6.68. The lowest BCUT2D eigenvalue weighted by atomic mass is 10.0. The van der Waals surface area contributed by atoms with Crippen molar-refractivity contribution in [3.05, 3.63) is 83.7 Å². The lowest BCUT2D eigenvalue weighted by molar-refractivity contribution is -0.659. The fraction of sp³-hybridized carbons (Fsp3) is 0.160. The predicted molar refractivity (Wildman–Crippen MR) is 119 cm³/mol. The van der Waals surface area contributed by atoms with E-state index in [2.05, 4.69) is 104 Å². The van der Waals surface area contributed by atoms with Gasteiger partial charge in [-0.15, -0.1) is 11.3 Å². The van der Waals surface area contributed by atoms with Gasteiger partial charge in [0.05, 0.1) is 12.6 Å². The number of nitrogens with zero attached hydrogens (tertiary/aromatic N) is 2. The third kappa shape index (κ3) is 2.43. The minimum atomic E-state index is 1.21. The van der Waals surface area contributed by atoms with Crippen molar-refractivity contribution in [2.75, 3.05) is 0 Å². The molecule has 0 saturated carbocycles. The fourth-order valence-corrected chi connectivity index (χ4v) is 5.53. The fourth-order valence-electron chi connectivity index (χ4n) is 4.35. The van der Waals surface area contributed by atoms with Crippen LogP contribution in [0.15, 0.2) is 67.0 Å². The maximum absolute atomic E-state index is 2.36. The van der Waals surface area contributed by atoms with Gasteiger partial charge in [0.25, 0.3) is 5.82 Å². The molecule has 2 heterocycles. The molecular formula is C25H23N2S+. The number of thiophene rings is 1. The molecule has 0 atom stereocenters. The highest BCUT2D eigenvalue weighted by Gasteiger charge is 2.24. The molecule has 5 aromatic rings. The summed E-state index contributed by atoms with van der Waals surface area (Å²) >= 11 is 1.90. The van der Waals surface area contributed by atoms with Crippen LogP contribution in [0.5, 0.6) is 0 Å². The van der Waals surface area contributed by atoms with Crippen molar-refractivity contribution >= 4 is 31.5 Å². The molecule has 5 rings (SSSR count). The second-order valence-corrected chi connectivity index (χ2v) is 8.61. The van der Waals surface area contributed by atoms with Crippen molar-refractivity contribution in [2.24, 2.45) is 7.05 Å². The second-order valence-electron chi connectivity index (χ2n) is 7.56. The Morgan fingerprint density at radius 2 is 1.61 bits per heavy atom. The lowest BCUT2D eigenvalue weighted by Gasteiger charge is -2.11. The van der Waals surface area contributed by atoms with Crippen molar-refractivity contribution in [3.8, 4) is 17.1 Å². The topological polar surface area (TPSA) is 8.81 Å². The van der Waals surface area contributed by atoms with Crippen LogP contribution in [0.2, 0.25) is 0 Å². The molecule has 2 nitrogen and oxygen atoms in total. The van der Waals surface area contributed by atoms with Gasteiger partial charge in [-0.25, -0.2) is 4.57 Å². The minimum Gasteiger partial charge on any atom is -0.232 e. The molecule has 0 bridgehead atoms. The Balaban J connectivity index is 1.84. The minimum absolute atomic E-state index is 1.21. The van der Waals surface area contributed by atoms with Crippen LogP contribution in [0.3, 0.4) is 0 Å². The van der Waals surface area contributed by atoms with Gasteiger partial charge >= 0.3 is 0 Å². The summed E-state index contributed by atoms with van der Waals surface area (Å²) in [6.07, 6.45) is 4.34. The number of hydrogen-bond donors (Lipinski definition) is 0. The van der Waals surface area contributed by atoms with Crippen LogP contribution in [0.4, 0.5) is 0 Å². The molecule has 3 heteroatoms. The number of fused-ring (bicyclic) bond motifs is 3. The molecule has 0 aliphatic rings. The highest BCUT2D eigenvalue weighted by molar-refractivity contribution is 7.26. The van der Waals surface area contributed by atoms with Crippen LogP contribution in [-0.4, -0.2) is 4.57 Å². The predicted octanol–water partition coefficient (Wildman–Crippen LogP) is 6.26. The van der Waals surface area contributed by atoms with Gasteiger partial charge in [0.2, 0.25) is 0 Å². The summed E-state index contributed by atoms with van der Waals surface area (Å²) in [7, 11) is 2.13. The van der Waals surface area contributed by atoms with Gasteiger partial charge in [-0.3, -0.25) is 0 Å². The lowest BCUT2D eigenvalue weighted by Crippen LogP contribution is -2.29. The molecule has 3 aromatic carbocycles. The zero-order valence-corrected chi connectivity index (χ0v) is 17.5. The van der Waals surface area contributed by atoms with Crippen molar-refractivity contribution in [1.29, 1.82) is 0 Å². The van der Waals surface area contributed by atoms with Gasteiger partial charge in [0.15, 0.2) is 0 Å². The van der Waals surface area contributed by atoms with Crippen LogP contribution in [-0.2, 0) is 7.05 Å². The number of aryl methyl sites for hydroxylation is 4. The molecule has 0 saturated heterocycles. The van der Waals surface area contributed by atoms with E-state index in [9.17, 15) is 0 Å². The van der Waals surface area contributed by atoms with Crippen LogP contribution < -0.4 is 4.57 Å². The molecule has 0 unspecified atom stereocenters. The van der Waals surface area contributed by atoms with E-state index in [1.165, 1.54) is 53.9 Å². The Morgan fingerprint density at radius 3 is 2.43 bits per heavy atom. The first kappa shape index (κ1) is 17.2. The summed E-state index contributed by atoms with van der Waals surface area (Å²) in [5.74, 6) is 1.21. The molecular weight excluding hydrogens is 360 g/mol. The maximum Gasteiger partial charge on any atom is 0.294 e. The van der Waals surface area contributed by atoms with Crippen LogP contribution in [0, 0.1) is 20.8 Å². The number of rotatable bonds is 2. The Labute approximate surface area is 169 Å². The van der Waals surface area contributed by atoms with Gasteiger partial charge in [-0.05, 0) is 50.1 Å². The first-order valence-corrected chi connectivity index (χ1v) is 10.4. The molecule has 28 heavy (non-hydrogen) atoms. The first-order valence-electron chi connectivity index (χ1n) is 9.61. The van der Waals surface area contributed by atoms with Gasteiger partial charge in [0, 0.05) is 25.7 Å². The number of imidazole rings is 1. The molecule has 0 aliphatic carbocycles. The van der Waals surface area contributed by atoms with Crippen molar-refractivity contribution in [2.45, 2.75) is 20.8 Å². The summed E-state index contributed by atoms with van der Waals surface area (Å²) in [6, 6.07) is 19.7. The zero-order chi connectivity index (χ0) is 19.4. The van der Waals surface area contributed by atoms with Crippen molar-refractivity contribution in [1.82, 2.24) is 4.57 Å². The highest BCUT2D eigenvalue weighted by Crippen LogP contribution is 2.40. The normalized spacial score (nSPS) is 11.6. The van der Waals surface area contributed by atoms with E-state index in [0.29, 0.717) is 0 Å². The molecule has 0 spiro atoms. The van der Waals surface area contributed by atoms with E-state index in [1.54, 1.807) is 0 Å². The number of benzene rings is 3. The van der Waals surface area contributed by atoms with Gasteiger partial charge < -0.3 is 0 Å². The summed E-state index contributed by atoms with van der Waals surface area (Å²) in [5, 5.41) is 2.73. The Hall–Kier alpha value is -2.91. The average Bonchev–Trinajstić information content (AvgIpc) is 3.24. The van der Waals surface area contributed by atoms with Crippen LogP contribution in [0.1, 0.15) is 16.7 Å². The monoisotopic (exact) mass is 383 g/mol. The van der Waals surface area contributed by atoms with E-state index < -0.39 is 0 Å². The molecule has 2 aromatic heterocycles. The zero-order valence-electron chi connectivity index (χ0n) is 16.7. The molecule has 138 valence electrons. The van der Waals surface area contributed by atoms with E-state index in [1.807, 2.05) is 11.3 Å². The van der Waals surface area contributed by atoms with E-state index >= 15 is 0 Å². The standard InChI is InChI=1S/C25H23N2S/c1-16-9-5-6-10-19(16)25-26(4)13-14-27(25)23-17(2)15-21-20-11-7-8-12-22(20)28-24(21)18(23)3/h5-15H,1-4H3/q+1. The number of hydrogen-bond acceptors (Lipinski definition) is 1. The SMILES string of the molecule is Cc1ccccc1-c1n(-c2c(C)cc3c(sc4ccccc43)c2C)cc[n+]1C. The van der Waals surface area contributed by atoms with E-state index in [4.69, 9.17) is 0 Å². The average molecular weight is 384 g/mol.